The smallest absolute Gasteiger partial charge is 0.107 e. The Balaban J connectivity index is 1.73. The fraction of sp³-hybridized carbons (Fsp3) is 0.250. The average Bonchev–Trinajstić information content (AvgIpc) is 3.12. The average molecular weight is 315 g/mol. The molecule has 3 aromatic rings. The molecule has 0 fully saturated rings. The molecule has 3 heterocycles. The molecule has 0 unspecified atom stereocenters. The number of thiazole rings is 1. The van der Waals surface area contributed by atoms with Crippen LogP contribution in [0, 0.1) is 6.92 Å². The molecule has 0 bridgehead atoms. The molecule has 0 saturated carbocycles. The lowest BCUT2D eigenvalue weighted by atomic mass is 10.2. The predicted octanol–water partition coefficient (Wildman–Crippen LogP) is 4.11. The van der Waals surface area contributed by atoms with E-state index in [1.807, 2.05) is 35.3 Å². The number of nitrogens with zero attached hydrogens (tertiary/aromatic N) is 3. The summed E-state index contributed by atoms with van der Waals surface area (Å²) in [4.78, 5) is 13.7. The molecule has 3 aromatic heterocycles. The summed E-state index contributed by atoms with van der Waals surface area (Å²) in [5.74, 6) is 0. The molecule has 0 aliphatic carbocycles. The van der Waals surface area contributed by atoms with Crippen LogP contribution in [0.4, 0.5) is 0 Å². The zero-order valence-electron chi connectivity index (χ0n) is 11.9. The Hall–Kier alpha value is -1.56. The third-order valence-electron chi connectivity index (χ3n) is 3.17. The highest BCUT2D eigenvalue weighted by atomic mass is 32.1. The first-order chi connectivity index (χ1) is 10.3. The fourth-order valence-electron chi connectivity index (χ4n) is 2.23. The van der Waals surface area contributed by atoms with Gasteiger partial charge in [-0.05, 0) is 36.8 Å². The SMILES string of the molecule is Cc1ccc(CN(Cc2ccncc2)Cc2nccs2)s1. The Bertz CT molecular complexity index is 662. The van der Waals surface area contributed by atoms with Crippen LogP contribution in [-0.2, 0) is 19.6 Å². The summed E-state index contributed by atoms with van der Waals surface area (Å²) in [7, 11) is 0. The number of thiophene rings is 1. The van der Waals surface area contributed by atoms with Crippen molar-refractivity contribution >= 4 is 22.7 Å². The van der Waals surface area contributed by atoms with Gasteiger partial charge in [0.25, 0.3) is 0 Å². The van der Waals surface area contributed by atoms with Gasteiger partial charge in [-0.1, -0.05) is 0 Å². The van der Waals surface area contributed by atoms with Gasteiger partial charge in [-0.3, -0.25) is 9.88 Å². The second kappa shape index (κ2) is 6.93. The van der Waals surface area contributed by atoms with E-state index in [9.17, 15) is 0 Å². The molecule has 21 heavy (non-hydrogen) atoms. The molecule has 0 atom stereocenters. The summed E-state index contributed by atoms with van der Waals surface area (Å²) in [6, 6.07) is 8.57. The zero-order chi connectivity index (χ0) is 14.5. The van der Waals surface area contributed by atoms with E-state index in [0.29, 0.717) is 0 Å². The third kappa shape index (κ3) is 4.20. The van der Waals surface area contributed by atoms with Crippen molar-refractivity contribution in [2.24, 2.45) is 0 Å². The van der Waals surface area contributed by atoms with Gasteiger partial charge in [-0.2, -0.15) is 0 Å². The van der Waals surface area contributed by atoms with E-state index in [-0.39, 0.29) is 0 Å². The van der Waals surface area contributed by atoms with Crippen LogP contribution in [0.25, 0.3) is 0 Å². The van der Waals surface area contributed by atoms with E-state index in [1.54, 1.807) is 11.3 Å². The molecule has 0 saturated heterocycles. The van der Waals surface area contributed by atoms with E-state index in [2.05, 4.69) is 46.1 Å². The Morgan fingerprint density at radius 3 is 2.52 bits per heavy atom. The van der Waals surface area contributed by atoms with Crippen LogP contribution >= 0.6 is 22.7 Å². The number of rotatable bonds is 6. The van der Waals surface area contributed by atoms with Gasteiger partial charge in [0.1, 0.15) is 5.01 Å². The molecule has 0 spiro atoms. The van der Waals surface area contributed by atoms with Crippen LogP contribution < -0.4 is 0 Å². The molecule has 0 amide bonds. The minimum atomic E-state index is 0.886. The molecule has 108 valence electrons. The molecule has 0 aliphatic rings. The Morgan fingerprint density at radius 2 is 1.86 bits per heavy atom. The van der Waals surface area contributed by atoms with Crippen LogP contribution in [0.1, 0.15) is 20.3 Å². The summed E-state index contributed by atoms with van der Waals surface area (Å²) < 4.78 is 0. The van der Waals surface area contributed by atoms with Crippen LogP contribution in [-0.4, -0.2) is 14.9 Å². The summed E-state index contributed by atoms with van der Waals surface area (Å²) in [5, 5.41) is 3.20. The quantitative estimate of drug-likeness (QED) is 0.685. The van der Waals surface area contributed by atoms with E-state index in [0.717, 1.165) is 24.6 Å². The van der Waals surface area contributed by atoms with Crippen molar-refractivity contribution in [2.75, 3.05) is 0 Å². The minimum Gasteiger partial charge on any atom is -0.287 e. The van der Waals surface area contributed by atoms with Gasteiger partial charge in [0.05, 0.1) is 6.54 Å². The van der Waals surface area contributed by atoms with E-state index < -0.39 is 0 Å². The van der Waals surface area contributed by atoms with Crippen molar-refractivity contribution < 1.29 is 0 Å². The largest absolute Gasteiger partial charge is 0.287 e. The van der Waals surface area contributed by atoms with Crippen LogP contribution in [0.3, 0.4) is 0 Å². The maximum atomic E-state index is 4.41. The first-order valence-electron chi connectivity index (χ1n) is 6.84. The van der Waals surface area contributed by atoms with Gasteiger partial charge in [-0.25, -0.2) is 4.98 Å². The van der Waals surface area contributed by atoms with Crippen molar-refractivity contribution in [3.8, 4) is 0 Å². The standard InChI is InChI=1S/C16H17N3S2/c1-13-2-3-15(21-13)11-19(12-16-18-8-9-20-16)10-14-4-6-17-7-5-14/h2-9H,10-12H2,1H3. The molecule has 0 aromatic carbocycles. The predicted molar refractivity (Wildman–Crippen MR) is 88.4 cm³/mol. The lowest BCUT2D eigenvalue weighted by Crippen LogP contribution is -2.21. The highest BCUT2D eigenvalue weighted by Gasteiger charge is 2.11. The van der Waals surface area contributed by atoms with Gasteiger partial charge in [-0.15, -0.1) is 22.7 Å². The lowest BCUT2D eigenvalue weighted by Gasteiger charge is -2.20. The number of hydrogen-bond acceptors (Lipinski definition) is 5. The van der Waals surface area contributed by atoms with Gasteiger partial charge >= 0.3 is 0 Å². The highest BCUT2D eigenvalue weighted by molar-refractivity contribution is 7.11. The molecule has 0 aliphatic heterocycles. The Labute approximate surface area is 132 Å². The van der Waals surface area contributed by atoms with Crippen molar-refractivity contribution in [2.45, 2.75) is 26.6 Å². The zero-order valence-corrected chi connectivity index (χ0v) is 13.5. The molecular formula is C16H17N3S2. The number of hydrogen-bond donors (Lipinski definition) is 0. The Morgan fingerprint density at radius 1 is 1.00 bits per heavy atom. The summed E-state index contributed by atoms with van der Waals surface area (Å²) in [6.07, 6.45) is 5.58. The number of aromatic nitrogens is 2. The Kier molecular flexibility index (Phi) is 4.75. The normalized spacial score (nSPS) is 11.1. The second-order valence-corrected chi connectivity index (χ2v) is 7.29. The van der Waals surface area contributed by atoms with Gasteiger partial charge in [0.2, 0.25) is 0 Å². The summed E-state index contributed by atoms with van der Waals surface area (Å²) in [6.45, 7) is 4.92. The van der Waals surface area contributed by atoms with E-state index in [1.165, 1.54) is 15.3 Å². The molecule has 3 nitrogen and oxygen atoms in total. The maximum absolute atomic E-state index is 4.41. The van der Waals surface area contributed by atoms with Crippen LogP contribution in [0.5, 0.6) is 0 Å². The fourth-order valence-corrected chi connectivity index (χ4v) is 3.82. The van der Waals surface area contributed by atoms with Gasteiger partial charge in [0.15, 0.2) is 0 Å². The molecule has 0 radical (unpaired) electrons. The third-order valence-corrected chi connectivity index (χ3v) is 4.92. The van der Waals surface area contributed by atoms with Crippen LogP contribution in [0.2, 0.25) is 0 Å². The molecule has 5 heteroatoms. The number of pyridine rings is 1. The maximum Gasteiger partial charge on any atom is 0.107 e. The number of aryl methyl sites for hydroxylation is 1. The van der Waals surface area contributed by atoms with Crippen molar-refractivity contribution in [3.05, 3.63) is 68.6 Å². The topological polar surface area (TPSA) is 29.0 Å². The minimum absolute atomic E-state index is 0.886. The lowest BCUT2D eigenvalue weighted by molar-refractivity contribution is 0.249. The van der Waals surface area contributed by atoms with Crippen molar-refractivity contribution in [1.82, 2.24) is 14.9 Å². The second-order valence-electron chi connectivity index (χ2n) is 4.94. The highest BCUT2D eigenvalue weighted by Crippen LogP contribution is 2.20. The van der Waals surface area contributed by atoms with Crippen molar-refractivity contribution in [1.29, 1.82) is 0 Å². The first-order valence-corrected chi connectivity index (χ1v) is 8.54. The molecule has 0 N–H and O–H groups in total. The first kappa shape index (κ1) is 14.4. The van der Waals surface area contributed by atoms with E-state index in [4.69, 9.17) is 0 Å². The summed E-state index contributed by atoms with van der Waals surface area (Å²) in [5.41, 5.74) is 1.29. The van der Waals surface area contributed by atoms with Crippen molar-refractivity contribution in [3.63, 3.8) is 0 Å². The van der Waals surface area contributed by atoms with Gasteiger partial charge < -0.3 is 0 Å². The molecule has 3 rings (SSSR count). The van der Waals surface area contributed by atoms with Crippen LogP contribution in [0.15, 0.2) is 48.2 Å². The monoisotopic (exact) mass is 315 g/mol. The molecular weight excluding hydrogens is 298 g/mol. The van der Waals surface area contributed by atoms with Gasteiger partial charge in [0, 0.05) is 46.8 Å². The van der Waals surface area contributed by atoms with E-state index >= 15 is 0 Å². The summed E-state index contributed by atoms with van der Waals surface area (Å²) >= 11 is 3.58.